The fourth-order valence-electron chi connectivity index (χ4n) is 3.60. The zero-order valence-electron chi connectivity index (χ0n) is 18.3. The summed E-state index contributed by atoms with van der Waals surface area (Å²) < 4.78 is 38.7. The van der Waals surface area contributed by atoms with E-state index in [1.165, 1.54) is 0 Å². The number of amides is 1. The molecule has 3 N–H and O–H groups in total. The monoisotopic (exact) mass is 490 g/mol. The molecule has 1 saturated heterocycles. The summed E-state index contributed by atoms with van der Waals surface area (Å²) >= 11 is 0. The zero-order chi connectivity index (χ0) is 25.6. The van der Waals surface area contributed by atoms with E-state index in [9.17, 15) is 28.3 Å². The van der Waals surface area contributed by atoms with E-state index in [1.54, 1.807) is 16.5 Å². The molecule has 1 amide bonds. The lowest BCUT2D eigenvalue weighted by molar-refractivity contribution is -0.514. The Kier molecular flexibility index (Phi) is 7.73. The number of nitrogens with zero attached hydrogens (tertiary/aromatic N) is 2. The van der Waals surface area contributed by atoms with E-state index in [0.29, 0.717) is 37.4 Å². The number of aromatic nitrogens is 2. The van der Waals surface area contributed by atoms with Crippen LogP contribution in [0.5, 0.6) is 0 Å². The molecule has 0 aliphatic carbocycles. The highest BCUT2D eigenvalue weighted by Gasteiger charge is 2.37. The molecule has 1 aliphatic heterocycles. The third-order valence-electron chi connectivity index (χ3n) is 5.46. The summed E-state index contributed by atoms with van der Waals surface area (Å²) in [7, 11) is 0. The molecule has 3 aromatic rings. The predicted octanol–water partition coefficient (Wildman–Crippen LogP) is 0.862. The van der Waals surface area contributed by atoms with Gasteiger partial charge in [0.2, 0.25) is 0 Å². The topological polar surface area (TPSA) is 142 Å². The summed E-state index contributed by atoms with van der Waals surface area (Å²) in [6.07, 6.45) is -2.25. The number of fused-ring (bicyclic) bond motifs is 1. The molecule has 0 bridgehead atoms. The van der Waals surface area contributed by atoms with Gasteiger partial charge in [0.1, 0.15) is 5.97 Å². The molecule has 35 heavy (non-hydrogen) atoms. The molecule has 1 fully saturated rings. The lowest BCUT2D eigenvalue weighted by atomic mass is 9.91. The number of nitrogens with one attached hydrogen (secondary N) is 2. The van der Waals surface area contributed by atoms with Gasteiger partial charge in [0.25, 0.3) is 0 Å². The Hall–Kier alpha value is -3.95. The van der Waals surface area contributed by atoms with Crippen molar-refractivity contribution in [2.24, 2.45) is 0 Å². The van der Waals surface area contributed by atoms with Gasteiger partial charge in [-0.3, -0.25) is 4.79 Å². The van der Waals surface area contributed by atoms with Crippen molar-refractivity contribution in [1.29, 1.82) is 5.26 Å². The largest absolute Gasteiger partial charge is 0.542 e. The SMILES string of the molecule is N#Cc1cccc(-c2[nH]c(C(=O)NC3(CO)CCOCC3)[n+]3ccccc23)c1.O=C([O-])C(F)(F)F. The molecule has 1 aliphatic rings. The Morgan fingerprint density at radius 2 is 1.91 bits per heavy atom. The van der Waals surface area contributed by atoms with E-state index in [0.717, 1.165) is 16.8 Å². The number of rotatable bonds is 4. The Morgan fingerprint density at radius 1 is 1.23 bits per heavy atom. The maximum Gasteiger partial charge on any atom is 0.430 e. The number of aliphatic carboxylic acids is 1. The van der Waals surface area contributed by atoms with Crippen LogP contribution >= 0.6 is 0 Å². The molecule has 0 radical (unpaired) electrons. The van der Waals surface area contributed by atoms with Gasteiger partial charge in [-0.2, -0.15) is 22.8 Å². The van der Waals surface area contributed by atoms with E-state index in [-0.39, 0.29) is 12.5 Å². The van der Waals surface area contributed by atoms with Crippen LogP contribution in [0.15, 0.2) is 48.7 Å². The Labute approximate surface area is 197 Å². The Balaban J connectivity index is 0.000000429. The molecular formula is C23H21F3N4O5. The molecule has 4 rings (SSSR count). The number of nitriles is 1. The van der Waals surface area contributed by atoms with Crippen molar-refractivity contribution in [2.75, 3.05) is 19.8 Å². The molecular weight excluding hydrogens is 469 g/mol. The van der Waals surface area contributed by atoms with Crippen molar-refractivity contribution in [2.45, 2.75) is 24.6 Å². The highest BCUT2D eigenvalue weighted by Crippen LogP contribution is 2.24. The standard InChI is InChI=1S/C21H20N4O3.C2HF3O2/c22-13-15-4-3-5-16(12-15)18-17-6-1-2-9-25(17)19(23-18)20(27)24-21(14-26)7-10-28-11-8-21;3-2(4,5)1(6)7/h1-6,9,12,26H,7-8,10-11,14H2,(H,24,27);(H,6,7). The van der Waals surface area contributed by atoms with Gasteiger partial charge < -0.3 is 25.1 Å². The minimum Gasteiger partial charge on any atom is -0.542 e. The Bertz CT molecular complexity index is 1260. The van der Waals surface area contributed by atoms with Crippen LogP contribution in [0.3, 0.4) is 0 Å². The second kappa shape index (κ2) is 10.5. The van der Waals surface area contributed by atoms with E-state index in [4.69, 9.17) is 14.6 Å². The summed E-state index contributed by atoms with van der Waals surface area (Å²) in [6, 6.07) is 15.0. The van der Waals surface area contributed by atoms with Gasteiger partial charge in [-0.1, -0.05) is 18.2 Å². The van der Waals surface area contributed by atoms with Crippen molar-refractivity contribution < 1.29 is 42.1 Å². The average molecular weight is 490 g/mol. The quantitative estimate of drug-likeness (QED) is 0.463. The molecule has 2 aromatic heterocycles. The minimum absolute atomic E-state index is 0.136. The average Bonchev–Trinajstić information content (AvgIpc) is 3.24. The number of aliphatic hydroxyl groups is 1. The number of ether oxygens (including phenoxy) is 1. The number of aromatic amines is 1. The fraction of sp³-hybridized carbons (Fsp3) is 0.304. The van der Waals surface area contributed by atoms with E-state index in [2.05, 4.69) is 16.4 Å². The van der Waals surface area contributed by atoms with Crippen LogP contribution in [0.1, 0.15) is 29.0 Å². The third kappa shape index (κ3) is 5.95. The van der Waals surface area contributed by atoms with Crippen LogP contribution in [0, 0.1) is 11.3 Å². The molecule has 184 valence electrons. The maximum absolute atomic E-state index is 13.1. The first kappa shape index (κ1) is 25.7. The molecule has 0 saturated carbocycles. The first-order valence-corrected chi connectivity index (χ1v) is 10.4. The van der Waals surface area contributed by atoms with Crippen molar-refractivity contribution in [3.05, 3.63) is 60.0 Å². The van der Waals surface area contributed by atoms with Crippen LogP contribution in [-0.2, 0) is 9.53 Å². The van der Waals surface area contributed by atoms with Crippen LogP contribution in [0.4, 0.5) is 13.2 Å². The zero-order valence-corrected chi connectivity index (χ0v) is 18.3. The summed E-state index contributed by atoms with van der Waals surface area (Å²) in [5.74, 6) is -2.93. The van der Waals surface area contributed by atoms with E-state index in [1.807, 2.05) is 36.5 Å². The van der Waals surface area contributed by atoms with Crippen LogP contribution in [0.25, 0.3) is 16.8 Å². The number of aliphatic hydroxyl groups excluding tert-OH is 1. The second-order valence-corrected chi connectivity index (χ2v) is 7.79. The predicted molar refractivity (Wildman–Crippen MR) is 113 cm³/mol. The number of pyridine rings is 1. The summed E-state index contributed by atoms with van der Waals surface area (Å²) in [6.45, 7) is 0.875. The number of benzene rings is 1. The second-order valence-electron chi connectivity index (χ2n) is 7.79. The maximum atomic E-state index is 13.1. The number of carbonyl (C=O) groups is 2. The first-order chi connectivity index (χ1) is 16.6. The van der Waals surface area contributed by atoms with E-state index >= 15 is 0 Å². The third-order valence-corrected chi connectivity index (χ3v) is 5.46. The van der Waals surface area contributed by atoms with Crippen LogP contribution in [0.2, 0.25) is 0 Å². The number of hydrogen-bond acceptors (Lipinski definition) is 6. The van der Waals surface area contributed by atoms with Gasteiger partial charge in [0.15, 0.2) is 11.2 Å². The van der Waals surface area contributed by atoms with Gasteiger partial charge >= 0.3 is 17.9 Å². The summed E-state index contributed by atoms with van der Waals surface area (Å²) in [5.41, 5.74) is 2.28. The van der Waals surface area contributed by atoms with Gasteiger partial charge in [-0.15, -0.1) is 0 Å². The van der Waals surface area contributed by atoms with Crippen LogP contribution < -0.4 is 14.8 Å². The molecule has 0 atom stereocenters. The van der Waals surface area contributed by atoms with Gasteiger partial charge in [-0.05, 0) is 37.1 Å². The fourth-order valence-corrected chi connectivity index (χ4v) is 3.60. The lowest BCUT2D eigenvalue weighted by Gasteiger charge is -2.35. The number of alkyl halides is 3. The number of halogens is 3. The summed E-state index contributed by atoms with van der Waals surface area (Å²) in [5, 5.41) is 30.9. The molecule has 0 spiro atoms. The highest BCUT2D eigenvalue weighted by atomic mass is 19.4. The highest BCUT2D eigenvalue weighted by molar-refractivity contribution is 5.92. The molecule has 3 heterocycles. The number of hydrogen-bond donors (Lipinski definition) is 3. The number of imidazole rings is 1. The number of carboxylic acid groups (broad SMARTS) is 1. The first-order valence-electron chi connectivity index (χ1n) is 10.4. The van der Waals surface area contributed by atoms with Gasteiger partial charge in [0.05, 0.1) is 30.0 Å². The van der Waals surface area contributed by atoms with Crippen LogP contribution in [-0.4, -0.2) is 53.5 Å². The molecule has 9 nitrogen and oxygen atoms in total. The molecule has 0 unspecified atom stereocenters. The van der Waals surface area contributed by atoms with Gasteiger partial charge in [0, 0.05) is 18.8 Å². The molecule has 1 aromatic carbocycles. The normalized spacial score (nSPS) is 14.9. The van der Waals surface area contributed by atoms with Crippen molar-refractivity contribution in [3.8, 4) is 17.3 Å². The summed E-state index contributed by atoms with van der Waals surface area (Å²) in [4.78, 5) is 25.1. The molecule has 12 heteroatoms. The van der Waals surface area contributed by atoms with E-state index < -0.39 is 17.7 Å². The minimum atomic E-state index is -5.19. The van der Waals surface area contributed by atoms with Crippen molar-refractivity contribution >= 4 is 17.4 Å². The number of carbonyl (C=O) groups excluding carboxylic acids is 2. The van der Waals surface area contributed by atoms with Crippen molar-refractivity contribution in [1.82, 2.24) is 10.3 Å². The lowest BCUT2D eigenvalue weighted by Crippen LogP contribution is -2.55. The number of carboxylic acids is 1. The smallest absolute Gasteiger partial charge is 0.430 e. The van der Waals surface area contributed by atoms with Crippen molar-refractivity contribution in [3.63, 3.8) is 0 Å². The number of H-pyrrole nitrogens is 1. The Morgan fingerprint density at radius 3 is 2.51 bits per heavy atom. The van der Waals surface area contributed by atoms with Gasteiger partial charge in [-0.25, -0.2) is 4.98 Å².